The maximum Gasteiger partial charge on any atom is 0.281 e. The molecule has 1 N–H and O–H groups in total. The molecular weight excluding hydrogens is 362 g/mol. The average molecular weight is 384 g/mol. The van der Waals surface area contributed by atoms with Gasteiger partial charge < -0.3 is 5.32 Å². The first-order chi connectivity index (χ1) is 11.9. The highest BCUT2D eigenvalue weighted by Gasteiger charge is 2.32. The standard InChI is InChI=1S/C14H21N7O2S2/c1-10-7-12(18-14-19-15-9-24-14)17-13(16-10)11-5-4-6-21(8-11)25(22,23)20(2)3/h7,9,11H,4-6,8H2,1-3H3,(H,16,17,18,19)/t11-/m1/s1. The Morgan fingerprint density at radius 1 is 1.36 bits per heavy atom. The smallest absolute Gasteiger partial charge is 0.281 e. The summed E-state index contributed by atoms with van der Waals surface area (Å²) in [6.45, 7) is 2.81. The Kier molecular flexibility index (Phi) is 5.27. The lowest BCUT2D eigenvalue weighted by molar-refractivity contribution is 0.293. The molecule has 2 aromatic rings. The molecule has 9 nitrogen and oxygen atoms in total. The monoisotopic (exact) mass is 383 g/mol. The molecule has 25 heavy (non-hydrogen) atoms. The number of aryl methyl sites for hydroxylation is 1. The van der Waals surface area contributed by atoms with Gasteiger partial charge in [0.2, 0.25) is 5.13 Å². The normalized spacial score (nSPS) is 19.3. The zero-order chi connectivity index (χ0) is 18.0. The number of rotatable bonds is 5. The van der Waals surface area contributed by atoms with Crippen LogP contribution in [0.1, 0.15) is 30.3 Å². The summed E-state index contributed by atoms with van der Waals surface area (Å²) in [7, 11) is -0.328. The summed E-state index contributed by atoms with van der Waals surface area (Å²) in [5, 5.41) is 11.5. The van der Waals surface area contributed by atoms with Crippen molar-refractivity contribution in [3.05, 3.63) is 23.1 Å². The van der Waals surface area contributed by atoms with E-state index in [0.717, 1.165) is 18.5 Å². The van der Waals surface area contributed by atoms with Crippen molar-refractivity contribution in [1.29, 1.82) is 0 Å². The first kappa shape index (κ1) is 18.1. The van der Waals surface area contributed by atoms with Crippen LogP contribution in [0.3, 0.4) is 0 Å². The van der Waals surface area contributed by atoms with E-state index in [9.17, 15) is 8.42 Å². The molecule has 1 aliphatic heterocycles. The fourth-order valence-corrected chi connectivity index (χ4v) is 4.41. The summed E-state index contributed by atoms with van der Waals surface area (Å²) in [6.07, 6.45) is 1.65. The van der Waals surface area contributed by atoms with Crippen LogP contribution < -0.4 is 5.32 Å². The van der Waals surface area contributed by atoms with Crippen LogP contribution in [0.25, 0.3) is 0 Å². The fraction of sp³-hybridized carbons (Fsp3) is 0.571. The van der Waals surface area contributed by atoms with Crippen molar-refractivity contribution in [2.45, 2.75) is 25.7 Å². The summed E-state index contributed by atoms with van der Waals surface area (Å²) in [6, 6.07) is 1.84. The number of nitrogens with one attached hydrogen (secondary N) is 1. The molecule has 0 radical (unpaired) electrons. The fourth-order valence-electron chi connectivity index (χ4n) is 2.77. The first-order valence-electron chi connectivity index (χ1n) is 7.92. The third kappa shape index (κ3) is 4.11. The lowest BCUT2D eigenvalue weighted by Crippen LogP contribution is -2.45. The molecule has 0 aliphatic carbocycles. The summed E-state index contributed by atoms with van der Waals surface area (Å²) in [5.74, 6) is 1.27. The Bertz CT molecular complexity index is 824. The van der Waals surface area contributed by atoms with E-state index in [2.05, 4.69) is 25.5 Å². The van der Waals surface area contributed by atoms with Gasteiger partial charge in [-0.2, -0.15) is 17.0 Å². The largest absolute Gasteiger partial charge is 0.315 e. The van der Waals surface area contributed by atoms with Crippen molar-refractivity contribution in [3.63, 3.8) is 0 Å². The molecule has 2 aromatic heterocycles. The average Bonchev–Trinajstić information content (AvgIpc) is 3.07. The van der Waals surface area contributed by atoms with Crippen LogP contribution in [-0.2, 0) is 10.2 Å². The second kappa shape index (κ2) is 7.28. The number of nitrogens with zero attached hydrogens (tertiary/aromatic N) is 6. The Balaban J connectivity index is 1.82. The number of anilines is 2. The van der Waals surface area contributed by atoms with E-state index in [-0.39, 0.29) is 5.92 Å². The van der Waals surface area contributed by atoms with E-state index in [1.165, 1.54) is 19.9 Å². The lowest BCUT2D eigenvalue weighted by Gasteiger charge is -2.32. The molecule has 0 bridgehead atoms. The first-order valence-corrected chi connectivity index (χ1v) is 10.2. The second-order valence-corrected chi connectivity index (χ2v) is 9.08. The molecule has 0 aromatic carbocycles. The number of aromatic nitrogens is 4. The van der Waals surface area contributed by atoms with Crippen LogP contribution in [0, 0.1) is 6.92 Å². The maximum atomic E-state index is 12.4. The van der Waals surface area contributed by atoms with Crippen molar-refractivity contribution in [3.8, 4) is 0 Å². The Morgan fingerprint density at radius 3 is 2.84 bits per heavy atom. The Hall–Kier alpha value is -1.69. The van der Waals surface area contributed by atoms with E-state index in [4.69, 9.17) is 0 Å². The molecule has 3 heterocycles. The predicted molar refractivity (Wildman–Crippen MR) is 96.1 cm³/mol. The number of hydrogen-bond donors (Lipinski definition) is 1. The maximum absolute atomic E-state index is 12.4. The van der Waals surface area contributed by atoms with Gasteiger partial charge in [-0.3, -0.25) is 0 Å². The molecule has 11 heteroatoms. The van der Waals surface area contributed by atoms with Gasteiger partial charge in [-0.15, -0.1) is 10.2 Å². The quantitative estimate of drug-likeness (QED) is 0.831. The van der Waals surface area contributed by atoms with Gasteiger partial charge in [0.1, 0.15) is 17.2 Å². The second-order valence-electron chi connectivity index (χ2n) is 6.11. The third-order valence-electron chi connectivity index (χ3n) is 4.00. The molecule has 0 unspecified atom stereocenters. The predicted octanol–water partition coefficient (Wildman–Crippen LogP) is 1.37. The van der Waals surface area contributed by atoms with E-state index in [0.29, 0.717) is 29.9 Å². The molecule has 136 valence electrons. The van der Waals surface area contributed by atoms with Gasteiger partial charge in [-0.1, -0.05) is 11.3 Å². The molecule has 1 fully saturated rings. The SMILES string of the molecule is Cc1cc(Nc2nncs2)nc([C@@H]2CCCN(S(=O)(=O)N(C)C)C2)n1. The van der Waals surface area contributed by atoms with Gasteiger partial charge in [0.05, 0.1) is 0 Å². The minimum atomic E-state index is -3.42. The van der Waals surface area contributed by atoms with E-state index < -0.39 is 10.2 Å². The molecule has 3 rings (SSSR count). The zero-order valence-corrected chi connectivity index (χ0v) is 16.0. The van der Waals surface area contributed by atoms with E-state index in [1.54, 1.807) is 19.6 Å². The summed E-state index contributed by atoms with van der Waals surface area (Å²) >= 11 is 1.39. The van der Waals surface area contributed by atoms with Gasteiger partial charge in [-0.25, -0.2) is 9.97 Å². The molecule has 0 amide bonds. The van der Waals surface area contributed by atoms with Crippen LogP contribution >= 0.6 is 11.3 Å². The van der Waals surface area contributed by atoms with Gasteiger partial charge >= 0.3 is 0 Å². The molecule has 1 saturated heterocycles. The minimum Gasteiger partial charge on any atom is -0.315 e. The van der Waals surface area contributed by atoms with Crippen molar-refractivity contribution >= 4 is 32.5 Å². The van der Waals surface area contributed by atoms with Crippen LogP contribution in [0.5, 0.6) is 0 Å². The van der Waals surface area contributed by atoms with Crippen molar-refractivity contribution in [1.82, 2.24) is 28.8 Å². The summed E-state index contributed by atoms with van der Waals surface area (Å²) < 4.78 is 27.5. The van der Waals surface area contributed by atoms with Crippen molar-refractivity contribution in [2.24, 2.45) is 0 Å². The van der Waals surface area contributed by atoms with Crippen LogP contribution in [0.2, 0.25) is 0 Å². The number of piperidine rings is 1. The summed E-state index contributed by atoms with van der Waals surface area (Å²) in [5.41, 5.74) is 2.46. The highest BCUT2D eigenvalue weighted by molar-refractivity contribution is 7.86. The highest BCUT2D eigenvalue weighted by Crippen LogP contribution is 2.28. The molecule has 0 spiro atoms. The lowest BCUT2D eigenvalue weighted by atomic mass is 9.99. The van der Waals surface area contributed by atoms with Gasteiger partial charge in [0.25, 0.3) is 10.2 Å². The minimum absolute atomic E-state index is 0.0293. The zero-order valence-electron chi connectivity index (χ0n) is 14.4. The Morgan fingerprint density at radius 2 is 2.16 bits per heavy atom. The van der Waals surface area contributed by atoms with Crippen molar-refractivity contribution < 1.29 is 8.42 Å². The van der Waals surface area contributed by atoms with Gasteiger partial charge in [0, 0.05) is 44.9 Å². The molecule has 0 saturated carbocycles. The topological polar surface area (TPSA) is 104 Å². The summed E-state index contributed by atoms with van der Waals surface area (Å²) in [4.78, 5) is 9.10. The highest BCUT2D eigenvalue weighted by atomic mass is 32.2. The van der Waals surface area contributed by atoms with E-state index >= 15 is 0 Å². The molecule has 1 aliphatic rings. The van der Waals surface area contributed by atoms with Gasteiger partial charge in [-0.05, 0) is 19.8 Å². The van der Waals surface area contributed by atoms with E-state index in [1.807, 2.05) is 13.0 Å². The Labute approximate surface area is 151 Å². The van der Waals surface area contributed by atoms with Crippen LogP contribution in [0.4, 0.5) is 10.9 Å². The third-order valence-corrected chi connectivity index (χ3v) is 6.52. The molecular formula is C14H21N7O2S2. The molecule has 1 atom stereocenters. The van der Waals surface area contributed by atoms with Crippen LogP contribution in [-0.4, -0.2) is 64.4 Å². The number of hydrogen-bond acceptors (Lipinski definition) is 8. The van der Waals surface area contributed by atoms with Gasteiger partial charge in [0.15, 0.2) is 0 Å². The van der Waals surface area contributed by atoms with Crippen molar-refractivity contribution in [2.75, 3.05) is 32.5 Å². The van der Waals surface area contributed by atoms with Crippen LogP contribution in [0.15, 0.2) is 11.6 Å².